The Morgan fingerprint density at radius 1 is 1.13 bits per heavy atom. The van der Waals surface area contributed by atoms with Gasteiger partial charge < -0.3 is 14.8 Å². The molecule has 1 N–H and O–H groups in total. The van der Waals surface area contributed by atoms with Crippen molar-refractivity contribution in [2.45, 2.75) is 26.7 Å². The number of ketones is 1. The lowest BCUT2D eigenvalue weighted by atomic mass is 9.83. The van der Waals surface area contributed by atoms with Crippen molar-refractivity contribution < 1.29 is 19.1 Å². The highest BCUT2D eigenvalue weighted by atomic mass is 35.5. The molecule has 0 amide bonds. The Kier molecular flexibility index (Phi) is 5.11. The molecule has 0 radical (unpaired) electrons. The molecule has 1 aliphatic rings. The van der Waals surface area contributed by atoms with Crippen LogP contribution in [0.2, 0.25) is 5.02 Å². The Balaban J connectivity index is 2.58. The fourth-order valence-corrected chi connectivity index (χ4v) is 2.81. The molecule has 0 aliphatic carbocycles. The molecule has 5 nitrogen and oxygen atoms in total. The second-order valence-electron chi connectivity index (χ2n) is 5.25. The van der Waals surface area contributed by atoms with Gasteiger partial charge in [-0.05, 0) is 38.5 Å². The fraction of sp³-hybridized carbons (Fsp3) is 0.294. The van der Waals surface area contributed by atoms with E-state index in [-0.39, 0.29) is 5.78 Å². The molecule has 1 aromatic rings. The molecule has 0 bridgehead atoms. The Bertz CT molecular complexity index is 704. The van der Waals surface area contributed by atoms with E-state index < -0.39 is 12.1 Å². The maximum atomic E-state index is 12.1. The van der Waals surface area contributed by atoms with Crippen molar-refractivity contribution in [1.82, 2.24) is 5.32 Å². The average Bonchev–Trinajstić information content (AvgIpc) is 2.49. The molecule has 0 fully saturated rings. The predicted octanol–water partition coefficient (Wildman–Crippen LogP) is 3.90. The number of hydrogen-bond donors (Lipinski definition) is 1. The van der Waals surface area contributed by atoms with Crippen LogP contribution in [0.5, 0.6) is 0 Å². The summed E-state index contributed by atoms with van der Waals surface area (Å²) in [5.74, 6) is -0.256. The summed E-state index contributed by atoms with van der Waals surface area (Å²) < 4.78 is 9.90. The maximum absolute atomic E-state index is 12.1. The number of halogens is 1. The van der Waals surface area contributed by atoms with Crippen molar-refractivity contribution in [1.29, 1.82) is 0 Å². The van der Waals surface area contributed by atoms with Crippen LogP contribution in [0.15, 0.2) is 47.0 Å². The Morgan fingerprint density at radius 2 is 1.74 bits per heavy atom. The molecule has 23 heavy (non-hydrogen) atoms. The van der Waals surface area contributed by atoms with Crippen LogP contribution in [0.3, 0.4) is 0 Å². The first-order valence-electron chi connectivity index (χ1n) is 7.06. The van der Waals surface area contributed by atoms with E-state index >= 15 is 0 Å². The van der Waals surface area contributed by atoms with E-state index in [1.807, 2.05) is 19.1 Å². The first kappa shape index (κ1) is 17.1. The van der Waals surface area contributed by atoms with Crippen molar-refractivity contribution in [3.63, 3.8) is 0 Å². The number of rotatable bonds is 3. The Hall–Kier alpha value is -2.27. The molecule has 2 rings (SSSR count). The second kappa shape index (κ2) is 6.87. The van der Waals surface area contributed by atoms with Gasteiger partial charge in [0.25, 0.3) is 0 Å². The smallest absolute Gasteiger partial charge is 0.437 e. The number of nitrogens with one attached hydrogen (secondary N) is 1. The minimum atomic E-state index is -0.831. The van der Waals surface area contributed by atoms with Gasteiger partial charge in [0, 0.05) is 16.3 Å². The monoisotopic (exact) mass is 335 g/mol. The van der Waals surface area contributed by atoms with Gasteiger partial charge in [-0.25, -0.2) is 4.79 Å². The van der Waals surface area contributed by atoms with Gasteiger partial charge in [0.15, 0.2) is 5.78 Å². The first-order chi connectivity index (χ1) is 10.8. The summed E-state index contributed by atoms with van der Waals surface area (Å²) in [5, 5.41) is 3.67. The minimum absolute atomic E-state index is 0.103. The number of Topliss-reactive ketones (excluding diaryl/α,β-unsaturated/α-hetero) is 1. The first-order valence-corrected chi connectivity index (χ1v) is 7.43. The lowest BCUT2D eigenvalue weighted by Gasteiger charge is -2.30. The third-order valence-electron chi connectivity index (χ3n) is 3.64. The van der Waals surface area contributed by atoms with Crippen LogP contribution in [0.25, 0.3) is 0 Å². The zero-order chi connectivity index (χ0) is 17.1. The summed E-state index contributed by atoms with van der Waals surface area (Å²) in [4.78, 5) is 23.7. The Morgan fingerprint density at radius 3 is 2.26 bits per heavy atom. The standard InChI is InChI=1S/C17H18ClNO4/c1-9-14(11(3)20)15(12-5-7-13(18)8-6-12)16(10(2)19-9)23-17(21)22-4/h5-8,15,19H,1-4H3. The zero-order valence-electron chi connectivity index (χ0n) is 13.4. The van der Waals surface area contributed by atoms with Crippen LogP contribution >= 0.6 is 11.6 Å². The number of allylic oxidation sites excluding steroid dienone is 3. The van der Waals surface area contributed by atoms with Crippen molar-refractivity contribution in [3.8, 4) is 0 Å². The van der Waals surface area contributed by atoms with E-state index in [1.165, 1.54) is 14.0 Å². The minimum Gasteiger partial charge on any atom is -0.437 e. The Labute approximate surface area is 139 Å². The number of hydrogen-bond acceptors (Lipinski definition) is 5. The van der Waals surface area contributed by atoms with E-state index in [9.17, 15) is 9.59 Å². The molecule has 0 aromatic heterocycles. The molecule has 0 spiro atoms. The van der Waals surface area contributed by atoms with Gasteiger partial charge in [-0.2, -0.15) is 0 Å². The number of carbonyl (C=O) groups is 2. The van der Waals surface area contributed by atoms with Crippen LogP contribution < -0.4 is 5.32 Å². The highest BCUT2D eigenvalue weighted by Crippen LogP contribution is 2.39. The van der Waals surface area contributed by atoms with Crippen LogP contribution in [-0.2, 0) is 14.3 Å². The van der Waals surface area contributed by atoms with Gasteiger partial charge in [0.05, 0.1) is 18.7 Å². The highest BCUT2D eigenvalue weighted by Gasteiger charge is 2.34. The van der Waals surface area contributed by atoms with Crippen molar-refractivity contribution in [2.75, 3.05) is 7.11 Å². The normalized spacial score (nSPS) is 17.7. The SMILES string of the molecule is COC(=O)OC1=C(C)NC(C)=C(C(C)=O)C1c1ccc(Cl)cc1. The molecule has 0 saturated heterocycles. The summed E-state index contributed by atoms with van der Waals surface area (Å²) in [6.07, 6.45) is -0.831. The summed E-state index contributed by atoms with van der Waals surface area (Å²) in [5.41, 5.74) is 2.72. The molecule has 0 saturated carbocycles. The lowest BCUT2D eigenvalue weighted by Crippen LogP contribution is -2.29. The summed E-state index contributed by atoms with van der Waals surface area (Å²) >= 11 is 5.94. The number of ether oxygens (including phenoxy) is 2. The summed E-state index contributed by atoms with van der Waals surface area (Å²) in [6, 6.07) is 7.08. The molecule has 1 aromatic carbocycles. The molecular formula is C17H18ClNO4. The van der Waals surface area contributed by atoms with Crippen LogP contribution in [0, 0.1) is 0 Å². The number of benzene rings is 1. The molecule has 6 heteroatoms. The second-order valence-corrected chi connectivity index (χ2v) is 5.69. The molecule has 1 heterocycles. The highest BCUT2D eigenvalue weighted by molar-refractivity contribution is 6.30. The van der Waals surface area contributed by atoms with E-state index in [2.05, 4.69) is 10.1 Å². The number of dihydropyridines is 1. The summed E-state index contributed by atoms with van der Waals surface area (Å²) in [6.45, 7) is 5.08. The van der Waals surface area contributed by atoms with Crippen molar-refractivity contribution in [3.05, 3.63) is 57.6 Å². The van der Waals surface area contributed by atoms with Crippen LogP contribution in [0.4, 0.5) is 4.79 Å². The maximum Gasteiger partial charge on any atom is 0.513 e. The van der Waals surface area contributed by atoms with Crippen molar-refractivity contribution in [2.24, 2.45) is 0 Å². The molecule has 122 valence electrons. The van der Waals surface area contributed by atoms with E-state index in [0.717, 1.165) is 11.3 Å². The predicted molar refractivity (Wildman–Crippen MR) is 86.9 cm³/mol. The number of methoxy groups -OCH3 is 1. The molecule has 1 aliphatic heterocycles. The zero-order valence-corrected chi connectivity index (χ0v) is 14.2. The topological polar surface area (TPSA) is 64.6 Å². The van der Waals surface area contributed by atoms with Gasteiger partial charge in [-0.15, -0.1) is 0 Å². The van der Waals surface area contributed by atoms with Gasteiger partial charge in [0.2, 0.25) is 0 Å². The van der Waals surface area contributed by atoms with Gasteiger partial charge in [0.1, 0.15) is 5.76 Å². The van der Waals surface area contributed by atoms with Crippen LogP contribution in [0.1, 0.15) is 32.3 Å². The van der Waals surface area contributed by atoms with Crippen LogP contribution in [-0.4, -0.2) is 19.0 Å². The van der Waals surface area contributed by atoms with E-state index in [0.29, 0.717) is 22.1 Å². The quantitative estimate of drug-likeness (QED) is 0.848. The lowest BCUT2D eigenvalue weighted by molar-refractivity contribution is -0.114. The molecule has 1 atom stereocenters. The van der Waals surface area contributed by atoms with Gasteiger partial charge in [-0.1, -0.05) is 23.7 Å². The van der Waals surface area contributed by atoms with Gasteiger partial charge >= 0.3 is 6.16 Å². The molecular weight excluding hydrogens is 318 g/mol. The fourth-order valence-electron chi connectivity index (χ4n) is 2.68. The molecule has 1 unspecified atom stereocenters. The van der Waals surface area contributed by atoms with Gasteiger partial charge in [-0.3, -0.25) is 4.79 Å². The van der Waals surface area contributed by atoms with E-state index in [1.54, 1.807) is 19.1 Å². The third kappa shape index (κ3) is 3.56. The summed E-state index contributed by atoms with van der Waals surface area (Å²) in [7, 11) is 1.23. The van der Waals surface area contributed by atoms with E-state index in [4.69, 9.17) is 16.3 Å². The third-order valence-corrected chi connectivity index (χ3v) is 3.89. The van der Waals surface area contributed by atoms with Crippen molar-refractivity contribution >= 4 is 23.5 Å². The number of carbonyl (C=O) groups excluding carboxylic acids is 2. The average molecular weight is 336 g/mol. The largest absolute Gasteiger partial charge is 0.513 e.